The van der Waals surface area contributed by atoms with Crippen LogP contribution in [0.15, 0.2) is 0 Å². The predicted octanol–water partition coefficient (Wildman–Crippen LogP) is -0.212. The second kappa shape index (κ2) is 15.2. The van der Waals surface area contributed by atoms with Crippen molar-refractivity contribution in [2.45, 2.75) is 70.3 Å². The summed E-state index contributed by atoms with van der Waals surface area (Å²) in [6.07, 6.45) is -2.76. The Morgan fingerprint density at radius 3 is 1.84 bits per heavy atom. The molecule has 0 aromatic carbocycles. The van der Waals surface area contributed by atoms with Crippen molar-refractivity contribution in [3.05, 3.63) is 0 Å². The second-order valence-electron chi connectivity index (χ2n) is 6.83. The van der Waals surface area contributed by atoms with Crippen molar-refractivity contribution >= 4 is 26.1 Å². The molecule has 3 atom stereocenters. The number of aliphatic hydroxyl groups excluding tert-OH is 1. The number of aliphatic hydroxyl groups is 1. The quantitative estimate of drug-likeness (QED) is 0.348. The van der Waals surface area contributed by atoms with Gasteiger partial charge < -0.3 is 16.0 Å². The number of hydrogen-bond donors (Lipinski definition) is 1. The molecule has 2 fully saturated rings. The molecule has 3 radical (unpaired) electrons. The zero-order chi connectivity index (χ0) is 21.5. The number of hydrogen-bond acceptors (Lipinski definition) is 6. The van der Waals surface area contributed by atoms with Crippen LogP contribution in [0.3, 0.4) is 0 Å². The summed E-state index contributed by atoms with van der Waals surface area (Å²) in [5, 5.41) is 8.96. The molecule has 13 heteroatoms. The number of rotatable bonds is 4. The Bertz CT molecular complexity index is 588. The maximum atomic E-state index is 13.0. The number of ketones is 1. The molecule has 2 rings (SSSR count). The van der Waals surface area contributed by atoms with E-state index in [1.165, 1.54) is 0 Å². The van der Waals surface area contributed by atoms with E-state index in [2.05, 4.69) is 9.47 Å². The van der Waals surface area contributed by atoms with Gasteiger partial charge in [0.15, 0.2) is 0 Å². The number of esters is 2. The summed E-state index contributed by atoms with van der Waals surface area (Å²) in [4.78, 5) is 33.0. The zero-order valence-corrected chi connectivity index (χ0v) is 19.9. The van der Waals surface area contributed by atoms with E-state index in [9.17, 15) is 31.9 Å². The van der Waals surface area contributed by atoms with E-state index in [4.69, 9.17) is 5.11 Å². The molecule has 0 amide bonds. The van der Waals surface area contributed by atoms with Crippen LogP contribution in [0.2, 0.25) is 0 Å². The van der Waals surface area contributed by atoms with Crippen molar-refractivity contribution < 1.29 is 82.2 Å². The van der Waals surface area contributed by atoms with Crippen LogP contribution in [0.4, 0.5) is 22.3 Å². The van der Waals surface area contributed by atoms with Crippen molar-refractivity contribution in [2.75, 3.05) is 13.2 Å². The summed E-state index contributed by atoms with van der Waals surface area (Å²) in [5.41, 5.74) is 0. The number of alkyl halides is 4. The predicted molar refractivity (Wildman–Crippen MR) is 98.2 cm³/mol. The van der Waals surface area contributed by atoms with Crippen LogP contribution in [0.5, 0.6) is 0 Å². The van der Waals surface area contributed by atoms with Gasteiger partial charge in [0.25, 0.3) is 5.92 Å². The van der Waals surface area contributed by atoms with Crippen molar-refractivity contribution in [1.29, 1.82) is 0 Å². The first-order valence-electron chi connectivity index (χ1n) is 9.24. The molecule has 3 unspecified atom stereocenters. The fourth-order valence-corrected chi connectivity index (χ4v) is 3.07. The number of ether oxygens (including phenoxy) is 2. The molecule has 0 aliphatic heterocycles. The molecule has 6 nitrogen and oxygen atoms in total. The summed E-state index contributed by atoms with van der Waals surface area (Å²) < 4.78 is 61.0. The standard InChI is InChI=1S/C9H14F2O3.C9H12F2O3.B.FH.Na.H/c2*1-2-14-8(13)6-3-4-7(12)9(10,11)5-6;;;;/h6-7,12H,2-5H2,1H3;6H,2-5H2,1H3;;1H;;/q;;;;+1;-1. The minimum absolute atomic E-state index is 0. The molecule has 2 aliphatic rings. The molecule has 2 aliphatic carbocycles. The zero-order valence-electron chi connectivity index (χ0n) is 18.9. The third-order valence-electron chi connectivity index (χ3n) is 4.67. The molecule has 0 spiro atoms. The summed E-state index contributed by atoms with van der Waals surface area (Å²) in [6.45, 7) is 3.62. The van der Waals surface area contributed by atoms with Gasteiger partial charge in [-0.1, -0.05) is 0 Å². The number of Topliss-reactive ketones (excluding diaryl/α,β-unsaturated/α-hetero) is 1. The fourth-order valence-electron chi connectivity index (χ4n) is 3.07. The maximum absolute atomic E-state index is 13.0. The van der Waals surface area contributed by atoms with Gasteiger partial charge in [0, 0.05) is 27.7 Å². The van der Waals surface area contributed by atoms with Crippen molar-refractivity contribution in [2.24, 2.45) is 11.8 Å². The summed E-state index contributed by atoms with van der Waals surface area (Å²) >= 11 is 0. The average molecular weight is 469 g/mol. The smallest absolute Gasteiger partial charge is 1.00 e. The van der Waals surface area contributed by atoms with Gasteiger partial charge >= 0.3 is 47.4 Å². The average Bonchev–Trinajstić information content (AvgIpc) is 2.60. The molecule has 0 heterocycles. The van der Waals surface area contributed by atoms with Crippen molar-refractivity contribution in [1.82, 2.24) is 0 Å². The third-order valence-corrected chi connectivity index (χ3v) is 4.67. The van der Waals surface area contributed by atoms with Gasteiger partial charge in [0.1, 0.15) is 6.10 Å². The topological polar surface area (TPSA) is 89.9 Å². The van der Waals surface area contributed by atoms with Gasteiger partial charge in [0.05, 0.1) is 25.0 Å². The monoisotopic (exact) mass is 469 g/mol. The van der Waals surface area contributed by atoms with Crippen LogP contribution >= 0.6 is 0 Å². The van der Waals surface area contributed by atoms with E-state index in [1.54, 1.807) is 13.8 Å². The van der Waals surface area contributed by atoms with Gasteiger partial charge in [-0.3, -0.25) is 19.1 Å². The Balaban J connectivity index is -0.000000218. The van der Waals surface area contributed by atoms with Gasteiger partial charge in [-0.2, -0.15) is 8.78 Å². The minimum Gasteiger partial charge on any atom is -1.00 e. The van der Waals surface area contributed by atoms with Crippen LogP contribution in [0, 0.1) is 11.8 Å². The Labute approximate surface area is 203 Å². The molecule has 0 aromatic rings. The number of carbonyl (C=O) groups is 3. The first-order valence-corrected chi connectivity index (χ1v) is 9.24. The Hall–Kier alpha value is -0.715. The molecular weight excluding hydrogens is 441 g/mol. The molecule has 0 saturated heterocycles. The van der Waals surface area contributed by atoms with E-state index in [-0.39, 0.29) is 83.0 Å². The second-order valence-corrected chi connectivity index (χ2v) is 6.83. The first kappa shape index (κ1) is 34.9. The molecular formula is C18H28BF5NaO6. The SMILES string of the molecule is CCOC(=O)C1CCC(=O)C(F)(F)C1.CCOC(=O)C1CCC(O)C(F)(F)C1.F.[B].[H-].[Na+]. The Morgan fingerprint density at radius 2 is 1.45 bits per heavy atom. The van der Waals surface area contributed by atoms with E-state index in [0.29, 0.717) is 0 Å². The van der Waals surface area contributed by atoms with Gasteiger partial charge in [-0.15, -0.1) is 0 Å². The third kappa shape index (κ3) is 10.6. The molecule has 0 bridgehead atoms. The molecule has 2 saturated carbocycles. The van der Waals surface area contributed by atoms with Crippen molar-refractivity contribution in [3.8, 4) is 0 Å². The number of carbonyl (C=O) groups excluding carboxylic acids is 3. The van der Waals surface area contributed by atoms with Crippen LogP contribution < -0.4 is 29.6 Å². The Kier molecular flexibility index (Phi) is 17.1. The first-order chi connectivity index (χ1) is 12.9. The fraction of sp³-hybridized carbons (Fsp3) is 0.833. The van der Waals surface area contributed by atoms with Crippen LogP contribution in [-0.2, 0) is 23.9 Å². The molecule has 175 valence electrons. The summed E-state index contributed by atoms with van der Waals surface area (Å²) in [5.74, 6) is -10.4. The molecule has 0 aromatic heterocycles. The van der Waals surface area contributed by atoms with E-state index >= 15 is 0 Å². The van der Waals surface area contributed by atoms with Gasteiger partial charge in [-0.25, -0.2) is 8.78 Å². The minimum atomic E-state index is -3.35. The van der Waals surface area contributed by atoms with Crippen LogP contribution in [-0.4, -0.2) is 62.4 Å². The van der Waals surface area contributed by atoms with E-state index < -0.39 is 60.3 Å². The van der Waals surface area contributed by atoms with Gasteiger partial charge in [-0.05, 0) is 33.1 Å². The largest absolute Gasteiger partial charge is 1.00 e. The number of halogens is 5. The summed E-state index contributed by atoms with van der Waals surface area (Å²) in [6, 6.07) is 0. The van der Waals surface area contributed by atoms with E-state index in [0.717, 1.165) is 0 Å². The van der Waals surface area contributed by atoms with Crippen LogP contribution in [0.25, 0.3) is 0 Å². The van der Waals surface area contributed by atoms with Crippen LogP contribution in [0.1, 0.15) is 53.8 Å². The van der Waals surface area contributed by atoms with E-state index in [1.807, 2.05) is 0 Å². The van der Waals surface area contributed by atoms with Crippen molar-refractivity contribution in [3.63, 3.8) is 0 Å². The Morgan fingerprint density at radius 1 is 1.00 bits per heavy atom. The molecule has 1 N–H and O–H groups in total. The van der Waals surface area contributed by atoms with Gasteiger partial charge in [0.2, 0.25) is 5.78 Å². The molecule has 31 heavy (non-hydrogen) atoms. The maximum Gasteiger partial charge on any atom is 1.00 e. The normalized spacial score (nSPS) is 25.8. The summed E-state index contributed by atoms with van der Waals surface area (Å²) in [7, 11) is 0.